The van der Waals surface area contributed by atoms with E-state index in [0.717, 1.165) is 44.1 Å². The average Bonchev–Trinajstić information content (AvgIpc) is 3.19. The van der Waals surface area contributed by atoms with Crippen LogP contribution in [-0.4, -0.2) is 62.6 Å². The van der Waals surface area contributed by atoms with Gasteiger partial charge in [0.25, 0.3) is 5.78 Å². The van der Waals surface area contributed by atoms with Crippen LogP contribution in [0.15, 0.2) is 48.9 Å². The van der Waals surface area contributed by atoms with Crippen molar-refractivity contribution in [2.75, 3.05) is 36.4 Å². The molecule has 3 heterocycles. The number of piperazine rings is 1. The van der Waals surface area contributed by atoms with Crippen LogP contribution in [0.4, 0.5) is 11.5 Å². The summed E-state index contributed by atoms with van der Waals surface area (Å²) in [5, 5.41) is 11.0. The fourth-order valence-electron chi connectivity index (χ4n) is 3.61. The second-order valence-corrected chi connectivity index (χ2v) is 6.61. The second kappa shape index (κ2) is 7.71. The van der Waals surface area contributed by atoms with Crippen LogP contribution in [0.25, 0.3) is 5.78 Å². The van der Waals surface area contributed by atoms with Crippen LogP contribution in [0.2, 0.25) is 0 Å². The quantitative estimate of drug-likeness (QED) is 0.741. The summed E-state index contributed by atoms with van der Waals surface area (Å²) in [5.41, 5.74) is 0.839. The van der Waals surface area contributed by atoms with Gasteiger partial charge in [-0.25, -0.2) is 4.98 Å². The van der Waals surface area contributed by atoms with Gasteiger partial charge in [0, 0.05) is 38.1 Å². The number of para-hydroxylation sites is 1. The summed E-state index contributed by atoms with van der Waals surface area (Å²) in [6, 6.07) is 11.5. The molecule has 140 valence electrons. The number of nitrogens with zero attached hydrogens (tertiary/aromatic N) is 6. The van der Waals surface area contributed by atoms with E-state index in [4.69, 9.17) is 0 Å². The maximum Gasteiger partial charge on any atom is 0.256 e. The highest BCUT2D eigenvalue weighted by Gasteiger charge is 2.28. The predicted molar refractivity (Wildman–Crippen MR) is 104 cm³/mol. The van der Waals surface area contributed by atoms with Crippen LogP contribution in [0.5, 0.6) is 0 Å². The highest BCUT2D eigenvalue weighted by Crippen LogP contribution is 2.19. The van der Waals surface area contributed by atoms with Crippen LogP contribution in [0.1, 0.15) is 13.3 Å². The minimum Gasteiger partial charge on any atom is -0.355 e. The number of aromatic nitrogens is 4. The minimum absolute atomic E-state index is 0.0576. The van der Waals surface area contributed by atoms with Crippen LogP contribution >= 0.6 is 0 Å². The van der Waals surface area contributed by atoms with E-state index in [1.165, 1.54) is 0 Å². The van der Waals surface area contributed by atoms with Gasteiger partial charge < -0.3 is 10.2 Å². The van der Waals surface area contributed by atoms with E-state index in [0.29, 0.717) is 5.78 Å². The van der Waals surface area contributed by atoms with E-state index in [1.54, 1.807) is 12.5 Å². The Morgan fingerprint density at radius 2 is 1.93 bits per heavy atom. The molecule has 8 heteroatoms. The van der Waals surface area contributed by atoms with Crippen LogP contribution in [0, 0.1) is 0 Å². The van der Waals surface area contributed by atoms with Gasteiger partial charge in [0.2, 0.25) is 5.91 Å². The van der Waals surface area contributed by atoms with E-state index in [1.807, 2.05) is 40.8 Å². The topological polar surface area (TPSA) is 78.7 Å². The Kier molecular flexibility index (Phi) is 4.97. The number of hydrogen-bond donors (Lipinski definition) is 1. The molecule has 0 bridgehead atoms. The molecule has 1 unspecified atom stereocenters. The molecule has 0 aliphatic carbocycles. The molecule has 0 radical (unpaired) electrons. The maximum absolute atomic E-state index is 12.7. The molecule has 4 rings (SSSR count). The lowest BCUT2D eigenvalue weighted by molar-refractivity contribution is -0.121. The number of carbonyl (C=O) groups is 1. The Morgan fingerprint density at radius 3 is 2.67 bits per heavy atom. The molecule has 0 spiro atoms. The van der Waals surface area contributed by atoms with E-state index in [9.17, 15) is 4.79 Å². The monoisotopic (exact) mass is 365 g/mol. The fraction of sp³-hybridized carbons (Fsp3) is 0.368. The molecule has 1 aliphatic rings. The number of hydrogen-bond acceptors (Lipinski definition) is 6. The summed E-state index contributed by atoms with van der Waals surface area (Å²) in [4.78, 5) is 21.5. The summed E-state index contributed by atoms with van der Waals surface area (Å²) >= 11 is 0. The standard InChI is InChI=1S/C19H23N7O/c1-2-16(18(27)22-15-6-4-3-5-7-15)24-10-12-25(13-11-24)17-8-9-20-19-23-21-14-26(17)19/h3-9,14,16H,2,10-13H2,1H3,(H,22,27). The molecule has 1 aliphatic heterocycles. The molecule has 2 aromatic heterocycles. The summed E-state index contributed by atoms with van der Waals surface area (Å²) in [5.74, 6) is 1.69. The van der Waals surface area contributed by atoms with Crippen molar-refractivity contribution >= 4 is 23.2 Å². The van der Waals surface area contributed by atoms with Crippen LogP contribution in [-0.2, 0) is 4.79 Å². The van der Waals surface area contributed by atoms with Gasteiger partial charge in [-0.3, -0.25) is 14.1 Å². The Morgan fingerprint density at radius 1 is 1.15 bits per heavy atom. The largest absolute Gasteiger partial charge is 0.355 e. The molecule has 1 fully saturated rings. The van der Waals surface area contributed by atoms with Gasteiger partial charge in [0.1, 0.15) is 12.1 Å². The first-order chi connectivity index (χ1) is 13.3. The van der Waals surface area contributed by atoms with Crippen molar-refractivity contribution < 1.29 is 4.79 Å². The third-order valence-electron chi connectivity index (χ3n) is 5.00. The van der Waals surface area contributed by atoms with Crippen LogP contribution in [0.3, 0.4) is 0 Å². The lowest BCUT2D eigenvalue weighted by Gasteiger charge is -2.39. The predicted octanol–water partition coefficient (Wildman–Crippen LogP) is 1.66. The number of amides is 1. The summed E-state index contributed by atoms with van der Waals surface area (Å²) in [6.07, 6.45) is 4.23. The Labute approximate surface area is 157 Å². The van der Waals surface area contributed by atoms with Crippen molar-refractivity contribution in [1.82, 2.24) is 24.5 Å². The Balaban J connectivity index is 1.41. The van der Waals surface area contributed by atoms with E-state index >= 15 is 0 Å². The Hall–Kier alpha value is -3.00. The molecule has 27 heavy (non-hydrogen) atoms. The molecule has 1 atom stereocenters. The summed E-state index contributed by atoms with van der Waals surface area (Å²) in [6.45, 7) is 5.39. The highest BCUT2D eigenvalue weighted by atomic mass is 16.2. The van der Waals surface area contributed by atoms with Gasteiger partial charge in [0.05, 0.1) is 6.04 Å². The average molecular weight is 365 g/mol. The zero-order chi connectivity index (χ0) is 18.6. The smallest absolute Gasteiger partial charge is 0.256 e. The van der Waals surface area contributed by atoms with E-state index in [2.05, 4.69) is 37.2 Å². The van der Waals surface area contributed by atoms with Crippen LogP contribution < -0.4 is 10.2 Å². The first-order valence-electron chi connectivity index (χ1n) is 9.26. The highest BCUT2D eigenvalue weighted by molar-refractivity contribution is 5.94. The van der Waals surface area contributed by atoms with E-state index < -0.39 is 0 Å². The van der Waals surface area contributed by atoms with Gasteiger partial charge in [-0.2, -0.15) is 0 Å². The van der Waals surface area contributed by atoms with Crippen molar-refractivity contribution in [1.29, 1.82) is 0 Å². The van der Waals surface area contributed by atoms with Crippen molar-refractivity contribution in [3.63, 3.8) is 0 Å². The third kappa shape index (κ3) is 3.61. The minimum atomic E-state index is -0.125. The fourth-order valence-corrected chi connectivity index (χ4v) is 3.61. The van der Waals surface area contributed by atoms with E-state index in [-0.39, 0.29) is 11.9 Å². The van der Waals surface area contributed by atoms with Gasteiger partial charge in [0.15, 0.2) is 0 Å². The molecule has 0 saturated carbocycles. The zero-order valence-electron chi connectivity index (χ0n) is 15.3. The molecule has 1 N–H and O–H groups in total. The normalized spacial score (nSPS) is 16.4. The summed E-state index contributed by atoms with van der Waals surface area (Å²) < 4.78 is 1.90. The molecule has 1 amide bonds. The molecule has 1 saturated heterocycles. The summed E-state index contributed by atoms with van der Waals surface area (Å²) in [7, 11) is 0. The number of nitrogens with one attached hydrogen (secondary N) is 1. The maximum atomic E-state index is 12.7. The molecule has 1 aromatic carbocycles. The number of benzene rings is 1. The lowest BCUT2D eigenvalue weighted by atomic mass is 10.1. The third-order valence-corrected chi connectivity index (χ3v) is 5.00. The molecular weight excluding hydrogens is 342 g/mol. The number of fused-ring (bicyclic) bond motifs is 1. The van der Waals surface area contributed by atoms with Crippen molar-refractivity contribution in [2.45, 2.75) is 19.4 Å². The SMILES string of the molecule is CCC(C(=O)Nc1ccccc1)N1CCN(c2ccnc3nncn23)CC1. The first kappa shape index (κ1) is 17.4. The number of rotatable bonds is 5. The van der Waals surface area contributed by atoms with Crippen molar-refractivity contribution in [3.05, 3.63) is 48.9 Å². The lowest BCUT2D eigenvalue weighted by Crippen LogP contribution is -2.54. The zero-order valence-corrected chi connectivity index (χ0v) is 15.3. The Bertz CT molecular complexity index is 903. The second-order valence-electron chi connectivity index (χ2n) is 6.61. The van der Waals surface area contributed by atoms with Gasteiger partial charge in [-0.15, -0.1) is 10.2 Å². The van der Waals surface area contributed by atoms with Gasteiger partial charge in [-0.05, 0) is 24.6 Å². The molecule has 3 aromatic rings. The van der Waals surface area contributed by atoms with Crippen molar-refractivity contribution in [2.24, 2.45) is 0 Å². The number of anilines is 2. The first-order valence-corrected chi connectivity index (χ1v) is 9.26. The molecule has 8 nitrogen and oxygen atoms in total. The van der Waals surface area contributed by atoms with Crippen molar-refractivity contribution in [3.8, 4) is 0 Å². The number of carbonyl (C=O) groups excluding carboxylic acids is 1. The van der Waals surface area contributed by atoms with Gasteiger partial charge in [-0.1, -0.05) is 25.1 Å². The van der Waals surface area contributed by atoms with Gasteiger partial charge >= 0.3 is 0 Å². The molecular formula is C19H23N7O.